The van der Waals surface area contributed by atoms with Gasteiger partial charge >= 0.3 is 0 Å². The molecule has 2 aliphatic rings. The van der Waals surface area contributed by atoms with Crippen molar-refractivity contribution >= 4 is 17.5 Å². The fourth-order valence-corrected chi connectivity index (χ4v) is 4.04. The van der Waals surface area contributed by atoms with Crippen LogP contribution in [0.15, 0.2) is 30.3 Å². The van der Waals surface area contributed by atoms with E-state index >= 15 is 0 Å². The van der Waals surface area contributed by atoms with Crippen LogP contribution in [-0.2, 0) is 6.54 Å². The number of piperazine rings is 1. The summed E-state index contributed by atoms with van der Waals surface area (Å²) in [6, 6.07) is 9.38. The molecule has 0 saturated carbocycles. The number of amides is 1. The summed E-state index contributed by atoms with van der Waals surface area (Å²) in [6.07, 6.45) is -0.0502. The van der Waals surface area contributed by atoms with Crippen LogP contribution < -0.4 is 18.9 Å². The molecule has 31 heavy (non-hydrogen) atoms. The second-order valence-electron chi connectivity index (χ2n) is 7.91. The van der Waals surface area contributed by atoms with Crippen LogP contribution in [0.3, 0.4) is 0 Å². The molecule has 7 nitrogen and oxygen atoms in total. The predicted molar refractivity (Wildman–Crippen MR) is 118 cm³/mol. The SMILES string of the molecule is COc1cc(C(=O)N2CCN(Cc3ccc4c(c3)OCO4)CC2)cc(Cl)c1OC(C)C. The van der Waals surface area contributed by atoms with Crippen molar-refractivity contribution in [1.82, 2.24) is 9.80 Å². The highest BCUT2D eigenvalue weighted by Crippen LogP contribution is 2.37. The Bertz CT molecular complexity index is 957. The van der Waals surface area contributed by atoms with Gasteiger partial charge in [-0.25, -0.2) is 0 Å². The topological polar surface area (TPSA) is 60.5 Å². The fourth-order valence-electron chi connectivity index (χ4n) is 3.78. The molecule has 0 radical (unpaired) electrons. The van der Waals surface area contributed by atoms with E-state index in [2.05, 4.69) is 11.0 Å². The zero-order valence-corrected chi connectivity index (χ0v) is 18.8. The highest BCUT2D eigenvalue weighted by molar-refractivity contribution is 6.32. The molecule has 1 amide bonds. The lowest BCUT2D eigenvalue weighted by molar-refractivity contribution is 0.0628. The Hall–Kier alpha value is -2.64. The average Bonchev–Trinajstić information content (AvgIpc) is 3.22. The lowest BCUT2D eigenvalue weighted by Crippen LogP contribution is -2.48. The molecule has 0 unspecified atom stereocenters. The Balaban J connectivity index is 1.38. The summed E-state index contributed by atoms with van der Waals surface area (Å²) in [5.74, 6) is 2.45. The summed E-state index contributed by atoms with van der Waals surface area (Å²) in [5, 5.41) is 0.373. The van der Waals surface area contributed by atoms with Crippen LogP contribution in [0.25, 0.3) is 0 Å². The number of methoxy groups -OCH3 is 1. The van der Waals surface area contributed by atoms with Crippen LogP contribution in [0.4, 0.5) is 0 Å². The standard InChI is InChI=1S/C23H27ClN2O5/c1-15(2)31-22-18(24)11-17(12-21(22)28-3)23(27)26-8-6-25(7-9-26)13-16-4-5-19-20(10-16)30-14-29-19/h4-5,10-12,15H,6-9,13-14H2,1-3H3. The molecule has 0 atom stereocenters. The van der Waals surface area contributed by atoms with Gasteiger partial charge in [0.25, 0.3) is 5.91 Å². The largest absolute Gasteiger partial charge is 0.493 e. The average molecular weight is 447 g/mol. The summed E-state index contributed by atoms with van der Waals surface area (Å²) >= 11 is 6.39. The molecule has 1 fully saturated rings. The van der Waals surface area contributed by atoms with Crippen LogP contribution in [0.5, 0.6) is 23.0 Å². The number of ether oxygens (including phenoxy) is 4. The van der Waals surface area contributed by atoms with Gasteiger partial charge in [0.15, 0.2) is 23.0 Å². The Labute approximate surface area is 187 Å². The van der Waals surface area contributed by atoms with Gasteiger partial charge in [-0.2, -0.15) is 0 Å². The third kappa shape index (κ3) is 4.83. The highest BCUT2D eigenvalue weighted by atomic mass is 35.5. The monoisotopic (exact) mass is 446 g/mol. The molecule has 1 saturated heterocycles. The number of carbonyl (C=O) groups is 1. The molecular formula is C23H27ClN2O5. The maximum atomic E-state index is 13.1. The van der Waals surface area contributed by atoms with E-state index in [1.54, 1.807) is 19.2 Å². The third-order valence-corrected chi connectivity index (χ3v) is 5.61. The number of carbonyl (C=O) groups excluding carboxylic acids is 1. The summed E-state index contributed by atoms with van der Waals surface area (Å²) in [6.45, 7) is 7.79. The minimum Gasteiger partial charge on any atom is -0.493 e. The van der Waals surface area contributed by atoms with E-state index in [1.807, 2.05) is 30.9 Å². The van der Waals surface area contributed by atoms with Crippen molar-refractivity contribution in [2.75, 3.05) is 40.1 Å². The van der Waals surface area contributed by atoms with E-state index in [4.69, 9.17) is 30.5 Å². The molecule has 0 aliphatic carbocycles. The Morgan fingerprint density at radius 3 is 2.55 bits per heavy atom. The number of fused-ring (bicyclic) bond motifs is 1. The first kappa shape index (κ1) is 21.6. The molecular weight excluding hydrogens is 420 g/mol. The Morgan fingerprint density at radius 1 is 1.10 bits per heavy atom. The van der Waals surface area contributed by atoms with Crippen LogP contribution >= 0.6 is 11.6 Å². The van der Waals surface area contributed by atoms with Crippen molar-refractivity contribution in [3.8, 4) is 23.0 Å². The van der Waals surface area contributed by atoms with Crippen LogP contribution in [0.2, 0.25) is 5.02 Å². The van der Waals surface area contributed by atoms with Gasteiger partial charge in [-0.1, -0.05) is 17.7 Å². The van der Waals surface area contributed by atoms with Crippen molar-refractivity contribution in [3.05, 3.63) is 46.5 Å². The number of nitrogens with zero attached hydrogens (tertiary/aromatic N) is 2. The minimum atomic E-state index is -0.0565. The molecule has 4 rings (SSSR count). The van der Waals surface area contributed by atoms with Gasteiger partial charge in [0.1, 0.15) is 0 Å². The van der Waals surface area contributed by atoms with Gasteiger partial charge in [-0.15, -0.1) is 0 Å². The first-order valence-electron chi connectivity index (χ1n) is 10.4. The number of rotatable bonds is 6. The summed E-state index contributed by atoms with van der Waals surface area (Å²) in [7, 11) is 1.54. The lowest BCUT2D eigenvalue weighted by atomic mass is 10.1. The molecule has 0 spiro atoms. The van der Waals surface area contributed by atoms with Crippen molar-refractivity contribution in [1.29, 1.82) is 0 Å². The molecule has 0 bridgehead atoms. The van der Waals surface area contributed by atoms with E-state index in [9.17, 15) is 4.79 Å². The summed E-state index contributed by atoms with van der Waals surface area (Å²) < 4.78 is 22.0. The zero-order valence-electron chi connectivity index (χ0n) is 18.0. The fraction of sp³-hybridized carbons (Fsp3) is 0.435. The van der Waals surface area contributed by atoms with E-state index < -0.39 is 0 Å². The Kier molecular flexibility index (Phi) is 6.43. The second kappa shape index (κ2) is 9.24. The van der Waals surface area contributed by atoms with E-state index in [0.717, 1.165) is 31.1 Å². The molecule has 0 N–H and O–H groups in total. The van der Waals surface area contributed by atoms with Gasteiger partial charge in [0.05, 0.1) is 18.2 Å². The number of hydrogen-bond acceptors (Lipinski definition) is 6. The molecule has 2 heterocycles. The van der Waals surface area contributed by atoms with E-state index in [-0.39, 0.29) is 18.8 Å². The van der Waals surface area contributed by atoms with E-state index in [0.29, 0.717) is 35.2 Å². The number of benzene rings is 2. The zero-order chi connectivity index (χ0) is 22.0. The van der Waals surface area contributed by atoms with Crippen LogP contribution in [0, 0.1) is 0 Å². The smallest absolute Gasteiger partial charge is 0.254 e. The second-order valence-corrected chi connectivity index (χ2v) is 8.32. The normalized spacial score (nSPS) is 16.0. The van der Waals surface area contributed by atoms with Gasteiger partial charge in [0, 0.05) is 38.3 Å². The molecule has 0 aromatic heterocycles. The first-order chi connectivity index (χ1) is 14.9. The quantitative estimate of drug-likeness (QED) is 0.672. The molecule has 2 aliphatic heterocycles. The third-order valence-electron chi connectivity index (χ3n) is 5.33. The van der Waals surface area contributed by atoms with Gasteiger partial charge in [-0.05, 0) is 43.7 Å². The van der Waals surface area contributed by atoms with Crippen molar-refractivity contribution in [2.24, 2.45) is 0 Å². The molecule has 8 heteroatoms. The van der Waals surface area contributed by atoms with Crippen molar-refractivity contribution in [2.45, 2.75) is 26.5 Å². The predicted octanol–water partition coefficient (Wildman–Crippen LogP) is 3.82. The van der Waals surface area contributed by atoms with Crippen LogP contribution in [-0.4, -0.2) is 61.9 Å². The molecule has 2 aromatic rings. The van der Waals surface area contributed by atoms with Crippen LogP contribution in [0.1, 0.15) is 29.8 Å². The number of hydrogen-bond donors (Lipinski definition) is 0. The number of halogens is 1. The minimum absolute atomic E-state index is 0.0502. The highest BCUT2D eigenvalue weighted by Gasteiger charge is 2.25. The van der Waals surface area contributed by atoms with Gasteiger partial charge in [0.2, 0.25) is 6.79 Å². The maximum Gasteiger partial charge on any atom is 0.254 e. The van der Waals surface area contributed by atoms with Crippen molar-refractivity contribution in [3.63, 3.8) is 0 Å². The van der Waals surface area contributed by atoms with Crippen molar-refractivity contribution < 1.29 is 23.7 Å². The first-order valence-corrected chi connectivity index (χ1v) is 10.8. The summed E-state index contributed by atoms with van der Waals surface area (Å²) in [5.41, 5.74) is 1.67. The maximum absolute atomic E-state index is 13.1. The lowest BCUT2D eigenvalue weighted by Gasteiger charge is -2.35. The molecule has 166 valence electrons. The Morgan fingerprint density at radius 2 is 1.84 bits per heavy atom. The van der Waals surface area contributed by atoms with E-state index in [1.165, 1.54) is 5.56 Å². The molecule has 2 aromatic carbocycles. The van der Waals surface area contributed by atoms with Gasteiger partial charge in [-0.3, -0.25) is 9.69 Å². The summed E-state index contributed by atoms with van der Waals surface area (Å²) in [4.78, 5) is 17.2. The van der Waals surface area contributed by atoms with Gasteiger partial charge < -0.3 is 23.8 Å².